The number of esters is 1. The minimum absolute atomic E-state index is 0.238. The van der Waals surface area contributed by atoms with E-state index in [-0.39, 0.29) is 17.7 Å². The fraction of sp³-hybridized carbons (Fsp3) is 0.235. The Balaban J connectivity index is 2.09. The summed E-state index contributed by atoms with van der Waals surface area (Å²) in [5.41, 5.74) is 1.96. The van der Waals surface area contributed by atoms with Gasteiger partial charge in [-0.05, 0) is 36.1 Å². The molecule has 0 fully saturated rings. The molecule has 2 rings (SSSR count). The Morgan fingerprint density at radius 2 is 1.75 bits per heavy atom. The molecule has 0 amide bonds. The molecule has 104 valence electrons. The van der Waals surface area contributed by atoms with E-state index in [2.05, 4.69) is 0 Å². The van der Waals surface area contributed by atoms with Crippen molar-refractivity contribution in [1.29, 1.82) is 0 Å². The molecule has 2 nitrogen and oxygen atoms in total. The molecular weight excluding hydrogens is 255 g/mol. The third kappa shape index (κ3) is 3.67. The summed E-state index contributed by atoms with van der Waals surface area (Å²) in [7, 11) is 1.40. The summed E-state index contributed by atoms with van der Waals surface area (Å²) < 4.78 is 17.7. The SMILES string of the molecule is COC(=O)C(CCc1ccc(F)cc1)c1ccccc1. The molecule has 0 aliphatic rings. The highest BCUT2D eigenvalue weighted by Gasteiger charge is 2.20. The first-order chi connectivity index (χ1) is 9.70. The lowest BCUT2D eigenvalue weighted by molar-refractivity contribution is -0.142. The van der Waals surface area contributed by atoms with Crippen LogP contribution in [0.25, 0.3) is 0 Å². The monoisotopic (exact) mass is 272 g/mol. The molecule has 0 aromatic heterocycles. The van der Waals surface area contributed by atoms with Crippen LogP contribution in [-0.2, 0) is 16.0 Å². The van der Waals surface area contributed by atoms with Gasteiger partial charge in [-0.1, -0.05) is 42.5 Å². The van der Waals surface area contributed by atoms with Gasteiger partial charge in [-0.15, -0.1) is 0 Å². The Labute approximate surface area is 118 Å². The zero-order chi connectivity index (χ0) is 14.4. The van der Waals surface area contributed by atoms with Gasteiger partial charge in [0.1, 0.15) is 5.82 Å². The lowest BCUT2D eigenvalue weighted by Crippen LogP contribution is -2.15. The summed E-state index contributed by atoms with van der Waals surface area (Å²) in [4.78, 5) is 11.9. The number of hydrogen-bond acceptors (Lipinski definition) is 2. The predicted octanol–water partition coefficient (Wildman–Crippen LogP) is 3.72. The number of carbonyl (C=O) groups is 1. The zero-order valence-corrected chi connectivity index (χ0v) is 11.4. The van der Waals surface area contributed by atoms with E-state index in [0.29, 0.717) is 12.8 Å². The Morgan fingerprint density at radius 3 is 2.35 bits per heavy atom. The van der Waals surface area contributed by atoms with Gasteiger partial charge < -0.3 is 4.74 Å². The minimum Gasteiger partial charge on any atom is -0.469 e. The lowest BCUT2D eigenvalue weighted by atomic mass is 9.92. The average molecular weight is 272 g/mol. The van der Waals surface area contributed by atoms with E-state index in [9.17, 15) is 9.18 Å². The van der Waals surface area contributed by atoms with Crippen molar-refractivity contribution < 1.29 is 13.9 Å². The second-order valence-electron chi connectivity index (χ2n) is 4.65. The molecule has 0 bridgehead atoms. The van der Waals surface area contributed by atoms with Gasteiger partial charge in [-0.25, -0.2) is 4.39 Å². The summed E-state index contributed by atoms with van der Waals surface area (Å²) in [6.07, 6.45) is 1.34. The van der Waals surface area contributed by atoms with Crippen LogP contribution in [0.1, 0.15) is 23.5 Å². The maximum Gasteiger partial charge on any atom is 0.313 e. The lowest BCUT2D eigenvalue weighted by Gasteiger charge is -2.15. The van der Waals surface area contributed by atoms with Crippen LogP contribution in [0.15, 0.2) is 54.6 Å². The van der Waals surface area contributed by atoms with Crippen LogP contribution in [0.3, 0.4) is 0 Å². The second-order valence-corrected chi connectivity index (χ2v) is 4.65. The van der Waals surface area contributed by atoms with Crippen LogP contribution in [0.4, 0.5) is 4.39 Å². The van der Waals surface area contributed by atoms with E-state index in [1.165, 1.54) is 19.2 Å². The molecule has 1 unspecified atom stereocenters. The van der Waals surface area contributed by atoms with Crippen molar-refractivity contribution in [3.05, 3.63) is 71.5 Å². The number of carbonyl (C=O) groups excluding carboxylic acids is 1. The summed E-state index contributed by atoms with van der Waals surface area (Å²) >= 11 is 0. The van der Waals surface area contributed by atoms with Gasteiger partial charge in [0, 0.05) is 0 Å². The highest BCUT2D eigenvalue weighted by molar-refractivity contribution is 5.78. The first-order valence-corrected chi connectivity index (χ1v) is 6.58. The molecule has 0 N–H and O–H groups in total. The van der Waals surface area contributed by atoms with Crippen molar-refractivity contribution in [2.24, 2.45) is 0 Å². The van der Waals surface area contributed by atoms with Crippen molar-refractivity contribution >= 4 is 5.97 Å². The van der Waals surface area contributed by atoms with Gasteiger partial charge in [0.05, 0.1) is 13.0 Å². The minimum atomic E-state index is -0.286. The van der Waals surface area contributed by atoms with Crippen LogP contribution >= 0.6 is 0 Å². The van der Waals surface area contributed by atoms with Gasteiger partial charge in [0.25, 0.3) is 0 Å². The fourth-order valence-electron chi connectivity index (χ4n) is 2.21. The van der Waals surface area contributed by atoms with Crippen LogP contribution in [-0.4, -0.2) is 13.1 Å². The third-order valence-corrected chi connectivity index (χ3v) is 3.32. The average Bonchev–Trinajstić information content (AvgIpc) is 2.50. The van der Waals surface area contributed by atoms with Crippen molar-refractivity contribution in [1.82, 2.24) is 0 Å². The van der Waals surface area contributed by atoms with E-state index < -0.39 is 0 Å². The van der Waals surface area contributed by atoms with E-state index in [0.717, 1.165) is 11.1 Å². The molecule has 2 aromatic carbocycles. The molecule has 20 heavy (non-hydrogen) atoms. The molecule has 0 spiro atoms. The number of halogens is 1. The maximum atomic E-state index is 12.9. The first-order valence-electron chi connectivity index (χ1n) is 6.58. The molecule has 0 saturated heterocycles. The van der Waals surface area contributed by atoms with Crippen LogP contribution in [0.2, 0.25) is 0 Å². The van der Waals surface area contributed by atoms with Crippen LogP contribution < -0.4 is 0 Å². The highest BCUT2D eigenvalue weighted by atomic mass is 19.1. The molecule has 1 atom stereocenters. The second kappa shape index (κ2) is 6.85. The number of ether oxygens (including phenoxy) is 1. The fourth-order valence-corrected chi connectivity index (χ4v) is 2.21. The number of methoxy groups -OCH3 is 1. The van der Waals surface area contributed by atoms with Crippen molar-refractivity contribution in [2.45, 2.75) is 18.8 Å². The number of rotatable bonds is 5. The van der Waals surface area contributed by atoms with Gasteiger partial charge in [-0.3, -0.25) is 4.79 Å². The first kappa shape index (κ1) is 14.3. The molecule has 3 heteroatoms. The topological polar surface area (TPSA) is 26.3 Å². The van der Waals surface area contributed by atoms with E-state index >= 15 is 0 Å². The van der Waals surface area contributed by atoms with Gasteiger partial charge in [0.15, 0.2) is 0 Å². The predicted molar refractivity (Wildman–Crippen MR) is 75.9 cm³/mol. The summed E-state index contributed by atoms with van der Waals surface area (Å²) in [6.45, 7) is 0. The standard InChI is InChI=1S/C17H17FO2/c1-20-17(19)16(14-5-3-2-4-6-14)12-9-13-7-10-15(18)11-8-13/h2-8,10-11,16H,9,12H2,1H3. The van der Waals surface area contributed by atoms with Crippen LogP contribution in [0, 0.1) is 5.82 Å². The molecular formula is C17H17FO2. The van der Waals surface area contributed by atoms with Crippen molar-refractivity contribution in [3.63, 3.8) is 0 Å². The summed E-state index contributed by atoms with van der Waals surface area (Å²) in [5, 5.41) is 0. The number of benzene rings is 2. The molecule has 0 aliphatic heterocycles. The molecule has 0 saturated carbocycles. The van der Waals surface area contributed by atoms with Crippen molar-refractivity contribution in [2.75, 3.05) is 7.11 Å². The number of hydrogen-bond donors (Lipinski definition) is 0. The van der Waals surface area contributed by atoms with Crippen molar-refractivity contribution in [3.8, 4) is 0 Å². The highest BCUT2D eigenvalue weighted by Crippen LogP contribution is 2.23. The summed E-state index contributed by atoms with van der Waals surface area (Å²) in [6, 6.07) is 15.9. The summed E-state index contributed by atoms with van der Waals surface area (Å²) in [5.74, 6) is -0.772. The molecule has 0 aliphatic carbocycles. The molecule has 2 aromatic rings. The zero-order valence-electron chi connectivity index (χ0n) is 11.4. The molecule has 0 radical (unpaired) electrons. The van der Waals surface area contributed by atoms with E-state index in [1.807, 2.05) is 30.3 Å². The molecule has 0 heterocycles. The maximum absolute atomic E-state index is 12.9. The van der Waals surface area contributed by atoms with Gasteiger partial charge >= 0.3 is 5.97 Å². The smallest absolute Gasteiger partial charge is 0.313 e. The normalized spacial score (nSPS) is 11.9. The Morgan fingerprint density at radius 1 is 1.10 bits per heavy atom. The third-order valence-electron chi connectivity index (χ3n) is 3.32. The number of aryl methyl sites for hydroxylation is 1. The quantitative estimate of drug-likeness (QED) is 0.775. The Bertz CT molecular complexity index is 549. The van der Waals surface area contributed by atoms with Crippen LogP contribution in [0.5, 0.6) is 0 Å². The Hall–Kier alpha value is -2.16. The largest absolute Gasteiger partial charge is 0.469 e. The Kier molecular flexibility index (Phi) is 4.88. The van der Waals surface area contributed by atoms with Gasteiger partial charge in [0.2, 0.25) is 0 Å². The van der Waals surface area contributed by atoms with E-state index in [1.54, 1.807) is 12.1 Å². The van der Waals surface area contributed by atoms with Gasteiger partial charge in [-0.2, -0.15) is 0 Å². The van der Waals surface area contributed by atoms with E-state index in [4.69, 9.17) is 4.74 Å².